The maximum Gasteiger partial charge on any atom is 0.273 e. The van der Waals surface area contributed by atoms with E-state index < -0.39 is 0 Å². The average molecular weight is 372 g/mol. The maximum absolute atomic E-state index is 12.8. The Bertz CT molecular complexity index is 897. The summed E-state index contributed by atoms with van der Waals surface area (Å²) in [6.07, 6.45) is 1.03. The summed E-state index contributed by atoms with van der Waals surface area (Å²) in [4.78, 5) is 19.0. The van der Waals surface area contributed by atoms with Crippen molar-refractivity contribution in [3.05, 3.63) is 41.4 Å². The van der Waals surface area contributed by atoms with E-state index in [1.54, 1.807) is 4.90 Å². The lowest BCUT2D eigenvalue weighted by Crippen LogP contribution is -2.39. The van der Waals surface area contributed by atoms with Crippen molar-refractivity contribution < 1.29 is 9.90 Å². The summed E-state index contributed by atoms with van der Waals surface area (Å²) in [6, 6.07) is 10.5. The molecule has 2 heterocycles. The second kappa shape index (κ2) is 8.01. The van der Waals surface area contributed by atoms with E-state index in [0.717, 1.165) is 23.7 Å². The fourth-order valence-corrected chi connectivity index (χ4v) is 4.01. The molecule has 0 spiro atoms. The zero-order valence-electron chi connectivity index (χ0n) is 15.5. The first kappa shape index (κ1) is 18.6. The van der Waals surface area contributed by atoms with Crippen LogP contribution >= 0.6 is 11.3 Å². The Morgan fingerprint density at radius 3 is 2.81 bits per heavy atom. The van der Waals surface area contributed by atoms with Crippen LogP contribution in [0.5, 0.6) is 0 Å². The molecule has 1 N–H and O–H groups in total. The van der Waals surface area contributed by atoms with E-state index in [-0.39, 0.29) is 18.6 Å². The Morgan fingerprint density at radius 2 is 2.12 bits per heavy atom. The standard InChI is InChI=1S/C20H25N3O2S/c1-4-9-23-17-8-6-5-7-15(17)12-18(23)19-21-16(13-26-19)20(25)22(10-11-24)14(2)3/h5-8,12-14,24H,4,9-11H2,1-3H3. The van der Waals surface area contributed by atoms with Gasteiger partial charge in [-0.3, -0.25) is 4.79 Å². The minimum absolute atomic E-state index is 0.0198. The number of carbonyl (C=O) groups excluding carboxylic acids is 1. The van der Waals surface area contributed by atoms with Crippen LogP contribution in [0.3, 0.4) is 0 Å². The molecule has 3 rings (SSSR count). The molecule has 3 aromatic rings. The lowest BCUT2D eigenvalue weighted by atomic mass is 10.2. The molecule has 0 fully saturated rings. The number of benzene rings is 1. The predicted molar refractivity (Wildman–Crippen MR) is 107 cm³/mol. The monoisotopic (exact) mass is 371 g/mol. The Labute approximate surface area is 157 Å². The maximum atomic E-state index is 12.8. The summed E-state index contributed by atoms with van der Waals surface area (Å²) in [5.41, 5.74) is 2.69. The molecule has 0 aliphatic heterocycles. The van der Waals surface area contributed by atoms with Crippen molar-refractivity contribution in [2.45, 2.75) is 39.8 Å². The van der Waals surface area contributed by atoms with Crippen molar-refractivity contribution in [2.75, 3.05) is 13.2 Å². The summed E-state index contributed by atoms with van der Waals surface area (Å²) < 4.78 is 2.27. The Kier molecular flexibility index (Phi) is 5.74. The molecule has 0 atom stereocenters. The molecule has 138 valence electrons. The van der Waals surface area contributed by atoms with Gasteiger partial charge in [0.1, 0.15) is 10.7 Å². The quantitative estimate of drug-likeness (QED) is 0.682. The SMILES string of the molecule is CCCn1c(-c2nc(C(=O)N(CCO)C(C)C)cs2)cc2ccccc21. The first-order chi connectivity index (χ1) is 12.6. The van der Waals surface area contributed by atoms with Gasteiger partial charge in [0.25, 0.3) is 5.91 Å². The van der Waals surface area contributed by atoms with Gasteiger partial charge >= 0.3 is 0 Å². The number of hydrogen-bond donors (Lipinski definition) is 1. The highest BCUT2D eigenvalue weighted by Crippen LogP contribution is 2.31. The van der Waals surface area contributed by atoms with Crippen LogP contribution in [0.15, 0.2) is 35.7 Å². The third-order valence-electron chi connectivity index (χ3n) is 4.43. The summed E-state index contributed by atoms with van der Waals surface area (Å²) in [5.74, 6) is -0.130. The van der Waals surface area contributed by atoms with Gasteiger partial charge in [-0.05, 0) is 32.4 Å². The van der Waals surface area contributed by atoms with E-state index in [0.29, 0.717) is 12.2 Å². The third-order valence-corrected chi connectivity index (χ3v) is 5.29. The van der Waals surface area contributed by atoms with Gasteiger partial charge in [-0.1, -0.05) is 25.1 Å². The first-order valence-electron chi connectivity index (χ1n) is 9.02. The van der Waals surface area contributed by atoms with Crippen molar-refractivity contribution in [2.24, 2.45) is 0 Å². The number of amides is 1. The minimum atomic E-state index is -0.130. The Balaban J connectivity index is 1.98. The molecule has 1 aromatic carbocycles. The van der Waals surface area contributed by atoms with Gasteiger partial charge in [0, 0.05) is 35.4 Å². The van der Waals surface area contributed by atoms with Crippen molar-refractivity contribution in [3.8, 4) is 10.7 Å². The number of hydrogen-bond acceptors (Lipinski definition) is 4. The molecule has 0 unspecified atom stereocenters. The van der Waals surface area contributed by atoms with Gasteiger partial charge in [0.05, 0.1) is 12.3 Å². The average Bonchev–Trinajstić information content (AvgIpc) is 3.24. The van der Waals surface area contributed by atoms with Crippen LogP contribution in [0, 0.1) is 0 Å². The molecule has 0 bridgehead atoms. The van der Waals surface area contributed by atoms with Crippen LogP contribution in [0.4, 0.5) is 0 Å². The van der Waals surface area contributed by atoms with Gasteiger partial charge in [0.2, 0.25) is 0 Å². The normalized spacial score (nSPS) is 11.4. The van der Waals surface area contributed by atoms with Gasteiger partial charge in [0.15, 0.2) is 0 Å². The molecule has 5 nitrogen and oxygen atoms in total. The van der Waals surface area contributed by atoms with Crippen LogP contribution in [0.2, 0.25) is 0 Å². The molecule has 0 aliphatic carbocycles. The van der Waals surface area contributed by atoms with Gasteiger partial charge < -0.3 is 14.6 Å². The van der Waals surface area contributed by atoms with Crippen LogP contribution < -0.4 is 0 Å². The second-order valence-corrected chi connectivity index (χ2v) is 7.45. The highest BCUT2D eigenvalue weighted by Gasteiger charge is 2.22. The Morgan fingerprint density at radius 1 is 1.35 bits per heavy atom. The molecule has 0 aliphatic rings. The molecule has 1 amide bonds. The summed E-state index contributed by atoms with van der Waals surface area (Å²) in [6.45, 7) is 7.23. The summed E-state index contributed by atoms with van der Waals surface area (Å²) in [5, 5.41) is 13.1. The number of fused-ring (bicyclic) bond motifs is 1. The fraction of sp³-hybridized carbons (Fsp3) is 0.400. The number of aromatic nitrogens is 2. The number of nitrogens with zero attached hydrogens (tertiary/aromatic N) is 3. The molecule has 26 heavy (non-hydrogen) atoms. The van der Waals surface area contributed by atoms with Crippen LogP contribution in [-0.4, -0.2) is 44.7 Å². The lowest BCUT2D eigenvalue weighted by Gasteiger charge is -2.24. The predicted octanol–water partition coefficient (Wildman–Crippen LogP) is 4.02. The van der Waals surface area contributed by atoms with Crippen molar-refractivity contribution in [3.63, 3.8) is 0 Å². The van der Waals surface area contributed by atoms with Crippen molar-refractivity contribution in [1.29, 1.82) is 0 Å². The molecular formula is C20H25N3O2S. The number of thiazole rings is 1. The van der Waals surface area contributed by atoms with E-state index >= 15 is 0 Å². The largest absolute Gasteiger partial charge is 0.395 e. The Hall–Kier alpha value is -2.18. The van der Waals surface area contributed by atoms with Crippen LogP contribution in [0.25, 0.3) is 21.6 Å². The van der Waals surface area contributed by atoms with E-state index in [1.165, 1.54) is 22.2 Å². The van der Waals surface area contributed by atoms with E-state index in [2.05, 4.69) is 34.7 Å². The number of para-hydroxylation sites is 1. The summed E-state index contributed by atoms with van der Waals surface area (Å²) in [7, 11) is 0. The van der Waals surface area contributed by atoms with Crippen LogP contribution in [-0.2, 0) is 6.54 Å². The molecular weight excluding hydrogens is 346 g/mol. The van der Waals surface area contributed by atoms with E-state index in [9.17, 15) is 9.90 Å². The smallest absolute Gasteiger partial charge is 0.273 e. The van der Waals surface area contributed by atoms with Gasteiger partial charge in [-0.25, -0.2) is 4.98 Å². The zero-order chi connectivity index (χ0) is 18.7. The molecule has 0 saturated heterocycles. The highest BCUT2D eigenvalue weighted by atomic mass is 32.1. The molecule has 2 aromatic heterocycles. The number of aryl methyl sites for hydroxylation is 1. The molecule has 0 radical (unpaired) electrons. The number of rotatable bonds is 7. The fourth-order valence-electron chi connectivity index (χ4n) is 3.19. The third kappa shape index (κ3) is 3.52. The highest BCUT2D eigenvalue weighted by molar-refractivity contribution is 7.13. The van der Waals surface area contributed by atoms with Crippen LogP contribution in [0.1, 0.15) is 37.7 Å². The van der Waals surface area contributed by atoms with Crippen molar-refractivity contribution >= 4 is 28.1 Å². The van der Waals surface area contributed by atoms with Crippen molar-refractivity contribution in [1.82, 2.24) is 14.5 Å². The minimum Gasteiger partial charge on any atom is -0.395 e. The zero-order valence-corrected chi connectivity index (χ0v) is 16.3. The summed E-state index contributed by atoms with van der Waals surface area (Å²) >= 11 is 1.49. The first-order valence-corrected chi connectivity index (χ1v) is 9.90. The number of carbonyl (C=O) groups is 1. The van der Waals surface area contributed by atoms with Gasteiger partial charge in [-0.2, -0.15) is 0 Å². The molecule has 6 heteroatoms. The van der Waals surface area contributed by atoms with Gasteiger partial charge in [-0.15, -0.1) is 11.3 Å². The van der Waals surface area contributed by atoms with E-state index in [1.807, 2.05) is 31.4 Å². The second-order valence-electron chi connectivity index (χ2n) is 6.59. The number of aliphatic hydroxyl groups is 1. The van der Waals surface area contributed by atoms with E-state index in [4.69, 9.17) is 0 Å². The topological polar surface area (TPSA) is 58.4 Å². The lowest BCUT2D eigenvalue weighted by molar-refractivity contribution is 0.0660. The number of aliphatic hydroxyl groups excluding tert-OH is 1. The molecule has 0 saturated carbocycles.